The summed E-state index contributed by atoms with van der Waals surface area (Å²) in [6, 6.07) is 16.5. The summed E-state index contributed by atoms with van der Waals surface area (Å²) in [4.78, 5) is 35.6. The summed E-state index contributed by atoms with van der Waals surface area (Å²) in [5.41, 5.74) is 2.97. The molecule has 2 heterocycles. The van der Waals surface area contributed by atoms with Gasteiger partial charge in [0.1, 0.15) is 17.9 Å². The molecule has 0 atom stereocenters. The average molecular weight is 461 g/mol. The fourth-order valence-corrected chi connectivity index (χ4v) is 3.96. The SMILES string of the molecule is CCOC(=O)c1ccc(NC(=O)C2CCN(c3cc(-c4ccc(OC)cc4)ncn3)CC2)cc1. The smallest absolute Gasteiger partial charge is 0.338 e. The number of hydrogen-bond acceptors (Lipinski definition) is 7. The number of nitrogens with zero attached hydrogens (tertiary/aromatic N) is 3. The Labute approximate surface area is 198 Å². The normalized spacial score (nSPS) is 13.9. The van der Waals surface area contributed by atoms with Gasteiger partial charge in [0, 0.05) is 36.3 Å². The number of benzene rings is 2. The first-order valence-electron chi connectivity index (χ1n) is 11.4. The van der Waals surface area contributed by atoms with Crippen LogP contribution in [0, 0.1) is 5.92 Å². The van der Waals surface area contributed by atoms with Crippen LogP contribution in [0.5, 0.6) is 5.75 Å². The highest BCUT2D eigenvalue weighted by Gasteiger charge is 2.26. The minimum Gasteiger partial charge on any atom is -0.497 e. The van der Waals surface area contributed by atoms with Gasteiger partial charge in [-0.2, -0.15) is 0 Å². The molecule has 0 bridgehead atoms. The molecule has 1 aliphatic rings. The molecule has 1 saturated heterocycles. The fraction of sp³-hybridized carbons (Fsp3) is 0.308. The summed E-state index contributed by atoms with van der Waals surface area (Å²) in [5, 5.41) is 2.96. The number of aromatic nitrogens is 2. The van der Waals surface area contributed by atoms with E-state index in [0.29, 0.717) is 17.9 Å². The van der Waals surface area contributed by atoms with Gasteiger partial charge in [-0.15, -0.1) is 0 Å². The zero-order valence-corrected chi connectivity index (χ0v) is 19.4. The summed E-state index contributed by atoms with van der Waals surface area (Å²) in [6.07, 6.45) is 3.04. The third-order valence-electron chi connectivity index (χ3n) is 5.89. The number of piperidine rings is 1. The Balaban J connectivity index is 1.33. The molecule has 0 spiro atoms. The summed E-state index contributed by atoms with van der Waals surface area (Å²) >= 11 is 0. The van der Waals surface area contributed by atoms with E-state index < -0.39 is 0 Å². The highest BCUT2D eigenvalue weighted by Crippen LogP contribution is 2.27. The number of amides is 1. The zero-order valence-electron chi connectivity index (χ0n) is 19.4. The summed E-state index contributed by atoms with van der Waals surface area (Å²) in [6.45, 7) is 3.56. The van der Waals surface area contributed by atoms with Crippen LogP contribution in [-0.4, -0.2) is 48.7 Å². The molecule has 8 nitrogen and oxygen atoms in total. The highest BCUT2D eigenvalue weighted by atomic mass is 16.5. The number of ether oxygens (including phenoxy) is 2. The Kier molecular flexibility index (Phi) is 7.37. The summed E-state index contributed by atoms with van der Waals surface area (Å²) < 4.78 is 10.2. The quantitative estimate of drug-likeness (QED) is 0.529. The van der Waals surface area contributed by atoms with E-state index in [-0.39, 0.29) is 17.8 Å². The Hall–Kier alpha value is -3.94. The Bertz CT molecular complexity index is 1120. The maximum atomic E-state index is 12.8. The van der Waals surface area contributed by atoms with Crippen LogP contribution in [0.4, 0.5) is 11.5 Å². The molecule has 1 N–H and O–H groups in total. The Morgan fingerprint density at radius 2 is 1.74 bits per heavy atom. The Morgan fingerprint density at radius 1 is 1.03 bits per heavy atom. The van der Waals surface area contributed by atoms with E-state index in [1.807, 2.05) is 30.3 Å². The van der Waals surface area contributed by atoms with Crippen LogP contribution in [0.3, 0.4) is 0 Å². The molecule has 1 fully saturated rings. The van der Waals surface area contributed by atoms with Crippen LogP contribution in [0.2, 0.25) is 0 Å². The lowest BCUT2D eigenvalue weighted by molar-refractivity contribution is -0.120. The number of carbonyl (C=O) groups excluding carboxylic acids is 2. The van der Waals surface area contributed by atoms with Gasteiger partial charge in [-0.05, 0) is 68.3 Å². The van der Waals surface area contributed by atoms with Crippen molar-refractivity contribution in [2.24, 2.45) is 5.92 Å². The predicted molar refractivity (Wildman–Crippen MR) is 130 cm³/mol. The van der Waals surface area contributed by atoms with E-state index in [2.05, 4.69) is 20.2 Å². The van der Waals surface area contributed by atoms with Gasteiger partial charge in [0.25, 0.3) is 0 Å². The number of rotatable bonds is 7. The van der Waals surface area contributed by atoms with Crippen molar-refractivity contribution < 1.29 is 19.1 Å². The van der Waals surface area contributed by atoms with Crippen LogP contribution in [0.1, 0.15) is 30.1 Å². The van der Waals surface area contributed by atoms with Crippen molar-refractivity contribution in [2.45, 2.75) is 19.8 Å². The van der Waals surface area contributed by atoms with Crippen molar-refractivity contribution >= 4 is 23.4 Å². The second-order valence-corrected chi connectivity index (χ2v) is 8.04. The second-order valence-electron chi connectivity index (χ2n) is 8.04. The van der Waals surface area contributed by atoms with E-state index in [9.17, 15) is 9.59 Å². The summed E-state index contributed by atoms with van der Waals surface area (Å²) in [7, 11) is 1.64. The van der Waals surface area contributed by atoms with E-state index >= 15 is 0 Å². The number of methoxy groups -OCH3 is 1. The molecule has 34 heavy (non-hydrogen) atoms. The largest absolute Gasteiger partial charge is 0.497 e. The molecular formula is C26H28N4O4. The fourth-order valence-electron chi connectivity index (χ4n) is 3.96. The topological polar surface area (TPSA) is 93.7 Å². The zero-order chi connectivity index (χ0) is 23.9. The van der Waals surface area contributed by atoms with Crippen LogP contribution < -0.4 is 15.0 Å². The molecule has 176 valence electrons. The average Bonchev–Trinajstić information content (AvgIpc) is 2.89. The molecule has 0 aliphatic carbocycles. The monoisotopic (exact) mass is 460 g/mol. The van der Waals surface area contributed by atoms with Crippen LogP contribution in [0.25, 0.3) is 11.3 Å². The van der Waals surface area contributed by atoms with Crippen molar-refractivity contribution in [3.05, 3.63) is 66.5 Å². The number of esters is 1. The van der Waals surface area contributed by atoms with Crippen LogP contribution in [-0.2, 0) is 9.53 Å². The maximum Gasteiger partial charge on any atom is 0.338 e. The molecule has 1 aliphatic heterocycles. The third kappa shape index (κ3) is 5.51. The van der Waals surface area contributed by atoms with Gasteiger partial charge in [-0.1, -0.05) is 0 Å². The van der Waals surface area contributed by atoms with Gasteiger partial charge in [-0.25, -0.2) is 14.8 Å². The molecule has 0 saturated carbocycles. The van der Waals surface area contributed by atoms with Gasteiger partial charge in [0.15, 0.2) is 0 Å². The van der Waals surface area contributed by atoms with Gasteiger partial charge in [0.2, 0.25) is 5.91 Å². The molecule has 2 aromatic carbocycles. The molecule has 4 rings (SSSR count). The standard InChI is InChI=1S/C26H28N4O4/c1-3-34-26(32)20-4-8-21(9-5-20)29-25(31)19-12-14-30(15-13-19)24-16-23(27-17-28-24)18-6-10-22(33-2)11-7-18/h4-11,16-17,19H,3,12-15H2,1-2H3,(H,29,31). The molecule has 0 radical (unpaired) electrons. The van der Waals surface area contributed by atoms with Crippen LogP contribution >= 0.6 is 0 Å². The molecule has 8 heteroatoms. The number of carbonyl (C=O) groups is 2. The number of anilines is 2. The lowest BCUT2D eigenvalue weighted by Crippen LogP contribution is -2.38. The van der Waals surface area contributed by atoms with Crippen molar-refractivity contribution in [2.75, 3.05) is 37.0 Å². The van der Waals surface area contributed by atoms with Crippen LogP contribution in [0.15, 0.2) is 60.9 Å². The van der Waals surface area contributed by atoms with E-state index in [1.54, 1.807) is 44.6 Å². The van der Waals surface area contributed by atoms with Gasteiger partial charge >= 0.3 is 5.97 Å². The highest BCUT2D eigenvalue weighted by molar-refractivity contribution is 5.94. The molecular weight excluding hydrogens is 432 g/mol. The first-order valence-corrected chi connectivity index (χ1v) is 11.4. The first-order chi connectivity index (χ1) is 16.6. The number of hydrogen-bond donors (Lipinski definition) is 1. The lowest BCUT2D eigenvalue weighted by atomic mass is 9.95. The minimum atomic E-state index is -0.368. The van der Waals surface area contributed by atoms with Gasteiger partial charge < -0.3 is 19.7 Å². The van der Waals surface area contributed by atoms with Gasteiger partial charge in [0.05, 0.1) is 25.0 Å². The lowest BCUT2D eigenvalue weighted by Gasteiger charge is -2.32. The van der Waals surface area contributed by atoms with E-state index in [0.717, 1.165) is 48.8 Å². The molecule has 1 amide bonds. The van der Waals surface area contributed by atoms with E-state index in [4.69, 9.17) is 9.47 Å². The second kappa shape index (κ2) is 10.8. The molecule has 3 aromatic rings. The van der Waals surface area contributed by atoms with E-state index in [1.165, 1.54) is 0 Å². The number of nitrogens with one attached hydrogen (secondary N) is 1. The Morgan fingerprint density at radius 3 is 2.38 bits per heavy atom. The first kappa shape index (κ1) is 23.2. The van der Waals surface area contributed by atoms with Crippen molar-refractivity contribution in [3.63, 3.8) is 0 Å². The maximum absolute atomic E-state index is 12.8. The van der Waals surface area contributed by atoms with Crippen molar-refractivity contribution in [1.82, 2.24) is 9.97 Å². The molecule has 0 unspecified atom stereocenters. The van der Waals surface area contributed by atoms with Gasteiger partial charge in [-0.3, -0.25) is 4.79 Å². The minimum absolute atomic E-state index is 0.00913. The molecule has 1 aromatic heterocycles. The van der Waals surface area contributed by atoms with Crippen molar-refractivity contribution in [3.8, 4) is 17.0 Å². The predicted octanol–water partition coefficient (Wildman–Crippen LogP) is 4.18. The van der Waals surface area contributed by atoms with Crippen molar-refractivity contribution in [1.29, 1.82) is 0 Å². The third-order valence-corrected chi connectivity index (χ3v) is 5.89. The summed E-state index contributed by atoms with van der Waals surface area (Å²) in [5.74, 6) is 1.20.